The van der Waals surface area contributed by atoms with E-state index in [4.69, 9.17) is 14.5 Å². The van der Waals surface area contributed by atoms with Crippen molar-refractivity contribution in [3.8, 4) is 0 Å². The third kappa shape index (κ3) is 3.52. The van der Waals surface area contributed by atoms with Gasteiger partial charge in [0.2, 0.25) is 0 Å². The number of nitrogens with one attached hydrogen (secondary N) is 1. The lowest BCUT2D eigenvalue weighted by molar-refractivity contribution is -0.0802. The fraction of sp³-hybridized carbons (Fsp3) is 0.600. The monoisotopic (exact) mass is 338 g/mol. The van der Waals surface area contributed by atoms with E-state index in [1.807, 2.05) is 4.98 Å². The molecule has 0 bridgehead atoms. The number of aliphatic hydroxyl groups excluding tert-OH is 3. The molecule has 1 aliphatic rings. The van der Waals surface area contributed by atoms with E-state index in [9.17, 15) is 29.5 Å². The first kappa shape index (κ1) is 17.0. The van der Waals surface area contributed by atoms with Gasteiger partial charge in [0.05, 0.1) is 12.3 Å². The molecule has 0 unspecified atom stereocenters. The first-order chi connectivity index (χ1) is 10.1. The second kappa shape index (κ2) is 6.05. The first-order valence-corrected chi connectivity index (χ1v) is 7.95. The number of aliphatic hydroxyl groups is 3. The number of hydrogen-bond donors (Lipinski definition) is 6. The molecule has 0 amide bonds. The molecule has 22 heavy (non-hydrogen) atoms. The molecular formula is C10H15N2O9P. The zero-order chi connectivity index (χ0) is 16.7. The zero-order valence-corrected chi connectivity index (χ0v) is 11.9. The minimum Gasteiger partial charge on any atom is -0.390 e. The van der Waals surface area contributed by atoms with Crippen LogP contribution in [-0.2, 0) is 9.30 Å². The van der Waals surface area contributed by atoms with E-state index >= 15 is 0 Å². The Labute approximate surface area is 122 Å². The standard InChI is InChI=1S/C10H15N2O9P/c13-4(3-22(18,19)20)8-6(15)7(16)9(21-8)12-2-1-5(14)11-10(12)17/h1-2,4,6-9,13,15-16H,3H2,(H,11,14,17)(H2,18,19,20)/t4-,6-,7+,8-,9-/m1/s1. The summed E-state index contributed by atoms with van der Waals surface area (Å²) in [5, 5.41) is 29.4. The fourth-order valence-electron chi connectivity index (χ4n) is 2.21. The molecule has 1 aliphatic heterocycles. The Hall–Kier alpha value is -1.33. The maximum atomic E-state index is 11.6. The van der Waals surface area contributed by atoms with Gasteiger partial charge in [-0.3, -0.25) is 18.9 Å². The molecule has 11 nitrogen and oxygen atoms in total. The predicted molar refractivity (Wildman–Crippen MR) is 70.2 cm³/mol. The van der Waals surface area contributed by atoms with Gasteiger partial charge in [0.15, 0.2) is 6.23 Å². The summed E-state index contributed by atoms with van der Waals surface area (Å²) in [7, 11) is -4.57. The minimum absolute atomic E-state index is 0.674. The Morgan fingerprint density at radius 2 is 1.95 bits per heavy atom. The lowest BCUT2D eigenvalue weighted by Gasteiger charge is -2.21. The molecular weight excluding hydrogens is 323 g/mol. The second-order valence-corrected chi connectivity index (χ2v) is 6.60. The van der Waals surface area contributed by atoms with Crippen LogP contribution < -0.4 is 11.2 Å². The van der Waals surface area contributed by atoms with E-state index in [0.29, 0.717) is 0 Å². The van der Waals surface area contributed by atoms with E-state index in [2.05, 4.69) is 0 Å². The van der Waals surface area contributed by atoms with Crippen LogP contribution in [0.15, 0.2) is 21.9 Å². The molecule has 0 aliphatic carbocycles. The highest BCUT2D eigenvalue weighted by atomic mass is 31.2. The summed E-state index contributed by atoms with van der Waals surface area (Å²) in [4.78, 5) is 42.2. The molecule has 0 spiro atoms. The van der Waals surface area contributed by atoms with E-state index in [-0.39, 0.29) is 0 Å². The van der Waals surface area contributed by atoms with Crippen molar-refractivity contribution < 1.29 is 34.4 Å². The van der Waals surface area contributed by atoms with Crippen LogP contribution in [0.4, 0.5) is 0 Å². The van der Waals surface area contributed by atoms with Crippen molar-refractivity contribution in [2.45, 2.75) is 30.6 Å². The minimum atomic E-state index is -4.57. The number of nitrogens with zero attached hydrogens (tertiary/aromatic N) is 1. The maximum absolute atomic E-state index is 11.6. The van der Waals surface area contributed by atoms with Crippen molar-refractivity contribution in [1.82, 2.24) is 9.55 Å². The van der Waals surface area contributed by atoms with Gasteiger partial charge in [-0.05, 0) is 0 Å². The molecule has 6 N–H and O–H groups in total. The second-order valence-electron chi connectivity index (χ2n) is 4.90. The topological polar surface area (TPSA) is 182 Å². The van der Waals surface area contributed by atoms with E-state index in [0.717, 1.165) is 16.8 Å². The maximum Gasteiger partial charge on any atom is 0.330 e. The molecule has 2 heterocycles. The number of ether oxygens (including phenoxy) is 1. The molecule has 0 aromatic carbocycles. The summed E-state index contributed by atoms with van der Waals surface area (Å²) in [5.41, 5.74) is -1.58. The SMILES string of the molecule is O=c1ccn([C@@H]2O[C@H]([C@H](O)CP(=O)(O)O)[C@H](O)[C@@H]2O)c(=O)[nH]1. The van der Waals surface area contributed by atoms with Gasteiger partial charge in [0.1, 0.15) is 18.3 Å². The summed E-state index contributed by atoms with van der Waals surface area (Å²) >= 11 is 0. The van der Waals surface area contributed by atoms with Gasteiger partial charge in [-0.1, -0.05) is 0 Å². The number of rotatable bonds is 4. The predicted octanol–water partition coefficient (Wildman–Crippen LogP) is -3.31. The first-order valence-electron chi connectivity index (χ1n) is 6.16. The Morgan fingerprint density at radius 3 is 2.50 bits per heavy atom. The summed E-state index contributed by atoms with van der Waals surface area (Å²) in [6.07, 6.45) is -7.95. The fourth-order valence-corrected chi connectivity index (χ4v) is 2.90. The van der Waals surface area contributed by atoms with Crippen LogP contribution in [-0.4, -0.2) is 65.2 Å². The summed E-state index contributed by atoms with van der Waals surface area (Å²) in [5.74, 6) is 0. The summed E-state index contributed by atoms with van der Waals surface area (Å²) in [6, 6.07) is 0.989. The lowest BCUT2D eigenvalue weighted by atomic mass is 10.1. The van der Waals surface area contributed by atoms with Crippen molar-refractivity contribution in [2.24, 2.45) is 0 Å². The molecule has 5 atom stereocenters. The van der Waals surface area contributed by atoms with Gasteiger partial charge in [0.25, 0.3) is 5.56 Å². The quantitative estimate of drug-likeness (QED) is 0.306. The summed E-state index contributed by atoms with van der Waals surface area (Å²) < 4.78 is 16.8. The van der Waals surface area contributed by atoms with Crippen LogP contribution >= 0.6 is 7.60 Å². The Morgan fingerprint density at radius 1 is 1.32 bits per heavy atom. The molecule has 124 valence electrons. The molecule has 0 saturated carbocycles. The number of aromatic nitrogens is 2. The van der Waals surface area contributed by atoms with E-state index in [1.165, 1.54) is 0 Å². The zero-order valence-electron chi connectivity index (χ0n) is 11.0. The average Bonchev–Trinajstić information content (AvgIpc) is 2.65. The van der Waals surface area contributed by atoms with Crippen LogP contribution in [0.25, 0.3) is 0 Å². The molecule has 1 aromatic heterocycles. The smallest absolute Gasteiger partial charge is 0.330 e. The van der Waals surface area contributed by atoms with Crippen LogP contribution in [0, 0.1) is 0 Å². The third-order valence-electron chi connectivity index (χ3n) is 3.20. The number of hydrogen-bond acceptors (Lipinski definition) is 7. The highest BCUT2D eigenvalue weighted by Gasteiger charge is 2.48. The van der Waals surface area contributed by atoms with Crippen molar-refractivity contribution in [2.75, 3.05) is 6.16 Å². The molecule has 1 saturated heterocycles. The molecule has 0 radical (unpaired) electrons. The molecule has 1 fully saturated rings. The third-order valence-corrected chi connectivity index (χ3v) is 4.05. The van der Waals surface area contributed by atoms with Crippen molar-refractivity contribution in [3.05, 3.63) is 33.1 Å². The van der Waals surface area contributed by atoms with Gasteiger partial charge in [0, 0.05) is 12.3 Å². The Kier molecular flexibility index (Phi) is 4.68. The van der Waals surface area contributed by atoms with Crippen molar-refractivity contribution >= 4 is 7.60 Å². The number of aromatic amines is 1. The Bertz CT molecular complexity index is 694. The van der Waals surface area contributed by atoms with Crippen molar-refractivity contribution in [3.63, 3.8) is 0 Å². The molecule has 12 heteroatoms. The molecule has 1 aromatic rings. The van der Waals surface area contributed by atoms with Gasteiger partial charge >= 0.3 is 13.3 Å². The van der Waals surface area contributed by atoms with Crippen LogP contribution in [0.1, 0.15) is 6.23 Å². The Balaban J connectivity index is 2.25. The highest BCUT2D eigenvalue weighted by molar-refractivity contribution is 7.51. The van der Waals surface area contributed by atoms with Gasteiger partial charge < -0.3 is 29.8 Å². The van der Waals surface area contributed by atoms with E-state index in [1.54, 1.807) is 0 Å². The van der Waals surface area contributed by atoms with E-state index < -0.39 is 55.7 Å². The van der Waals surface area contributed by atoms with Gasteiger partial charge in [-0.25, -0.2) is 4.79 Å². The van der Waals surface area contributed by atoms with Crippen molar-refractivity contribution in [1.29, 1.82) is 0 Å². The molecule has 2 rings (SSSR count). The number of H-pyrrole nitrogens is 1. The van der Waals surface area contributed by atoms with Crippen LogP contribution in [0.3, 0.4) is 0 Å². The normalized spacial score (nSPS) is 30.4. The summed E-state index contributed by atoms with van der Waals surface area (Å²) in [6.45, 7) is 0. The van der Waals surface area contributed by atoms with Crippen LogP contribution in [0.5, 0.6) is 0 Å². The average molecular weight is 338 g/mol. The lowest BCUT2D eigenvalue weighted by Crippen LogP contribution is -2.40. The highest BCUT2D eigenvalue weighted by Crippen LogP contribution is 2.38. The van der Waals surface area contributed by atoms with Gasteiger partial charge in [-0.15, -0.1) is 0 Å². The largest absolute Gasteiger partial charge is 0.390 e. The van der Waals surface area contributed by atoms with Crippen LogP contribution in [0.2, 0.25) is 0 Å². The van der Waals surface area contributed by atoms with Gasteiger partial charge in [-0.2, -0.15) is 0 Å².